The molecule has 132 valence electrons. The SMILES string of the molecule is CC1=C(CN2C[C@H]3[C@H](N(C)C)CS(=O)(=O)[C@H]3C2)C(C)(C)CCC1. The van der Waals surface area contributed by atoms with Crippen LogP contribution in [0.2, 0.25) is 0 Å². The minimum absolute atomic E-state index is 0.150. The molecule has 2 aliphatic heterocycles. The molecule has 1 aliphatic carbocycles. The van der Waals surface area contributed by atoms with Crippen LogP contribution in [0.25, 0.3) is 0 Å². The number of hydrogen-bond donors (Lipinski definition) is 0. The first-order chi connectivity index (χ1) is 10.6. The van der Waals surface area contributed by atoms with Gasteiger partial charge >= 0.3 is 0 Å². The van der Waals surface area contributed by atoms with Crippen molar-refractivity contribution in [2.75, 3.05) is 39.5 Å². The lowest BCUT2D eigenvalue weighted by molar-refractivity contribution is 0.229. The van der Waals surface area contributed by atoms with Crippen LogP contribution >= 0.6 is 0 Å². The van der Waals surface area contributed by atoms with Crippen LogP contribution < -0.4 is 0 Å². The van der Waals surface area contributed by atoms with E-state index in [1.807, 2.05) is 14.1 Å². The van der Waals surface area contributed by atoms with E-state index in [4.69, 9.17) is 0 Å². The van der Waals surface area contributed by atoms with Gasteiger partial charge in [0.15, 0.2) is 9.84 Å². The molecule has 4 nitrogen and oxygen atoms in total. The van der Waals surface area contributed by atoms with Gasteiger partial charge in [-0.1, -0.05) is 25.0 Å². The molecule has 0 aromatic heterocycles. The molecule has 0 unspecified atom stereocenters. The summed E-state index contributed by atoms with van der Waals surface area (Å²) in [4.78, 5) is 4.52. The van der Waals surface area contributed by atoms with Crippen molar-refractivity contribution >= 4 is 9.84 Å². The normalized spacial score (nSPS) is 36.7. The van der Waals surface area contributed by atoms with E-state index in [2.05, 4.69) is 30.6 Å². The Morgan fingerprint density at radius 2 is 1.96 bits per heavy atom. The maximum atomic E-state index is 12.5. The van der Waals surface area contributed by atoms with E-state index in [9.17, 15) is 8.42 Å². The number of fused-ring (bicyclic) bond motifs is 1. The van der Waals surface area contributed by atoms with Crippen LogP contribution in [0, 0.1) is 11.3 Å². The quantitative estimate of drug-likeness (QED) is 0.738. The van der Waals surface area contributed by atoms with Gasteiger partial charge in [0.05, 0.1) is 11.0 Å². The minimum atomic E-state index is -2.93. The molecule has 3 atom stereocenters. The molecule has 0 bridgehead atoms. The van der Waals surface area contributed by atoms with Crippen molar-refractivity contribution in [2.24, 2.45) is 11.3 Å². The Balaban J connectivity index is 1.78. The van der Waals surface area contributed by atoms with Gasteiger partial charge < -0.3 is 4.90 Å². The summed E-state index contributed by atoms with van der Waals surface area (Å²) in [6, 6.07) is 0.185. The fourth-order valence-electron chi connectivity index (χ4n) is 5.02. The highest BCUT2D eigenvalue weighted by Crippen LogP contribution is 2.42. The summed E-state index contributed by atoms with van der Waals surface area (Å²) in [6.45, 7) is 9.58. The summed E-state index contributed by atoms with van der Waals surface area (Å²) >= 11 is 0. The summed E-state index contributed by atoms with van der Waals surface area (Å²) < 4.78 is 25.0. The van der Waals surface area contributed by atoms with Gasteiger partial charge in [-0.3, -0.25) is 4.90 Å². The van der Waals surface area contributed by atoms with Crippen LogP contribution in [0.1, 0.15) is 40.0 Å². The zero-order valence-electron chi connectivity index (χ0n) is 15.3. The Bertz CT molecular complexity index is 607. The third kappa shape index (κ3) is 3.12. The molecule has 0 N–H and O–H groups in total. The highest BCUT2D eigenvalue weighted by molar-refractivity contribution is 7.92. The Morgan fingerprint density at radius 3 is 2.57 bits per heavy atom. The van der Waals surface area contributed by atoms with Gasteiger partial charge in [0.25, 0.3) is 0 Å². The largest absolute Gasteiger partial charge is 0.305 e. The highest BCUT2D eigenvalue weighted by Gasteiger charge is 2.52. The summed E-state index contributed by atoms with van der Waals surface area (Å²) in [5.74, 6) is 0.624. The van der Waals surface area contributed by atoms with Crippen LogP contribution in [0.4, 0.5) is 0 Å². The van der Waals surface area contributed by atoms with Crippen molar-refractivity contribution in [3.63, 3.8) is 0 Å². The average molecular weight is 341 g/mol. The summed E-state index contributed by atoms with van der Waals surface area (Å²) in [6.07, 6.45) is 3.74. The van der Waals surface area contributed by atoms with Gasteiger partial charge in [-0.25, -0.2) is 8.42 Å². The van der Waals surface area contributed by atoms with Gasteiger partial charge in [-0.15, -0.1) is 0 Å². The molecule has 5 heteroatoms. The minimum Gasteiger partial charge on any atom is -0.305 e. The van der Waals surface area contributed by atoms with Crippen LogP contribution in [0.5, 0.6) is 0 Å². The predicted octanol–water partition coefficient (Wildman–Crippen LogP) is 2.17. The molecule has 0 amide bonds. The molecule has 0 aromatic carbocycles. The van der Waals surface area contributed by atoms with Crippen LogP contribution in [0.3, 0.4) is 0 Å². The monoisotopic (exact) mass is 340 g/mol. The maximum absolute atomic E-state index is 12.5. The lowest BCUT2D eigenvalue weighted by Crippen LogP contribution is -2.38. The van der Waals surface area contributed by atoms with Crippen molar-refractivity contribution in [1.82, 2.24) is 9.80 Å². The second kappa shape index (κ2) is 5.85. The van der Waals surface area contributed by atoms with E-state index in [0.29, 0.717) is 5.75 Å². The fourth-order valence-corrected chi connectivity index (χ4v) is 7.53. The second-order valence-corrected chi connectivity index (χ2v) is 11.0. The number of hydrogen-bond acceptors (Lipinski definition) is 4. The molecule has 2 heterocycles. The Morgan fingerprint density at radius 1 is 1.26 bits per heavy atom. The van der Waals surface area contributed by atoms with E-state index < -0.39 is 9.84 Å². The van der Waals surface area contributed by atoms with Gasteiger partial charge in [0, 0.05) is 31.6 Å². The first-order valence-electron chi connectivity index (χ1n) is 8.91. The maximum Gasteiger partial charge on any atom is 0.156 e. The van der Waals surface area contributed by atoms with E-state index >= 15 is 0 Å². The van der Waals surface area contributed by atoms with Crippen molar-refractivity contribution in [1.29, 1.82) is 0 Å². The molecule has 2 saturated heterocycles. The standard InChI is InChI=1S/C18H32N2O2S/c1-13-7-6-8-18(2,3)15(13)10-20-9-14-16(19(4)5)12-23(21,22)17(14)11-20/h14,16-17H,6-12H2,1-5H3/t14-,16+,17-/m0/s1. The zero-order valence-corrected chi connectivity index (χ0v) is 16.1. The van der Waals surface area contributed by atoms with Crippen molar-refractivity contribution in [3.8, 4) is 0 Å². The molecule has 0 aromatic rings. The molecule has 2 fully saturated rings. The topological polar surface area (TPSA) is 40.6 Å². The average Bonchev–Trinajstić information content (AvgIpc) is 2.93. The van der Waals surface area contributed by atoms with E-state index in [1.54, 1.807) is 5.57 Å². The molecular formula is C18H32N2O2S. The number of nitrogens with zero attached hydrogens (tertiary/aromatic N) is 2. The van der Waals surface area contributed by atoms with Crippen LogP contribution in [-0.2, 0) is 9.84 Å². The van der Waals surface area contributed by atoms with Crippen molar-refractivity contribution in [3.05, 3.63) is 11.1 Å². The first kappa shape index (κ1) is 17.4. The number of sulfone groups is 1. The predicted molar refractivity (Wildman–Crippen MR) is 95.3 cm³/mol. The fraction of sp³-hybridized carbons (Fsp3) is 0.889. The third-order valence-electron chi connectivity index (χ3n) is 6.47. The third-order valence-corrected chi connectivity index (χ3v) is 8.70. The zero-order chi connectivity index (χ0) is 17.0. The molecular weight excluding hydrogens is 308 g/mol. The summed E-state index contributed by atoms with van der Waals surface area (Å²) in [7, 11) is 1.10. The summed E-state index contributed by atoms with van der Waals surface area (Å²) in [5, 5.41) is -0.150. The number of likely N-dealkylation sites (tertiary alicyclic amines) is 1. The van der Waals surface area contributed by atoms with E-state index in [-0.39, 0.29) is 22.6 Å². The number of rotatable bonds is 3. The van der Waals surface area contributed by atoms with Crippen molar-refractivity contribution in [2.45, 2.75) is 51.3 Å². The molecule has 0 radical (unpaired) electrons. The smallest absolute Gasteiger partial charge is 0.156 e. The number of allylic oxidation sites excluding steroid dienone is 1. The van der Waals surface area contributed by atoms with E-state index in [1.165, 1.54) is 24.8 Å². The molecule has 3 rings (SSSR count). The Labute approximate surface area is 141 Å². The van der Waals surface area contributed by atoms with Gasteiger partial charge in [0.2, 0.25) is 0 Å². The van der Waals surface area contributed by atoms with Crippen molar-refractivity contribution < 1.29 is 8.42 Å². The lowest BCUT2D eigenvalue weighted by atomic mass is 9.72. The molecule has 0 saturated carbocycles. The van der Waals surface area contributed by atoms with Crippen LogP contribution in [0.15, 0.2) is 11.1 Å². The second-order valence-electron chi connectivity index (χ2n) is 8.75. The lowest BCUT2D eigenvalue weighted by Gasteiger charge is -2.37. The van der Waals surface area contributed by atoms with Gasteiger partial charge in [-0.05, 0) is 45.7 Å². The summed E-state index contributed by atoms with van der Waals surface area (Å²) in [5.41, 5.74) is 3.35. The van der Waals surface area contributed by atoms with E-state index in [0.717, 1.165) is 19.6 Å². The molecule has 3 aliphatic rings. The van der Waals surface area contributed by atoms with Gasteiger partial charge in [-0.2, -0.15) is 0 Å². The highest BCUT2D eigenvalue weighted by atomic mass is 32.2. The van der Waals surface area contributed by atoms with Gasteiger partial charge in [0.1, 0.15) is 0 Å². The molecule has 0 spiro atoms. The first-order valence-corrected chi connectivity index (χ1v) is 10.6. The Hall–Kier alpha value is -0.390. The molecule has 23 heavy (non-hydrogen) atoms. The Kier molecular flexibility index (Phi) is 4.43. The van der Waals surface area contributed by atoms with Crippen LogP contribution in [-0.4, -0.2) is 69.0 Å².